The molecule has 8 nitrogen and oxygen atoms in total. The van der Waals surface area contributed by atoms with Crippen molar-refractivity contribution in [3.05, 3.63) is 53.6 Å². The molecule has 1 atom stereocenters. The van der Waals surface area contributed by atoms with Crippen molar-refractivity contribution in [1.82, 2.24) is 9.88 Å². The fraction of sp³-hybridized carbons (Fsp3) is 0.480. The number of likely N-dealkylation sites (tertiary alicyclic amines) is 1. The molecule has 0 aliphatic carbocycles. The number of carbonyl (C=O) groups excluding carboxylic acids is 2. The molecular formula is C25H30FN3O5S. The maximum absolute atomic E-state index is 13.6. The summed E-state index contributed by atoms with van der Waals surface area (Å²) in [5, 5.41) is 0. The van der Waals surface area contributed by atoms with Gasteiger partial charge in [0.05, 0.1) is 41.9 Å². The van der Waals surface area contributed by atoms with E-state index in [4.69, 9.17) is 4.74 Å². The number of sulfonamides is 1. The monoisotopic (exact) mass is 503 g/mol. The summed E-state index contributed by atoms with van der Waals surface area (Å²) in [4.78, 5) is 30.9. The molecule has 188 valence electrons. The minimum atomic E-state index is -4.07. The Hall–Kier alpha value is -3.01. The molecule has 2 aliphatic heterocycles. The van der Waals surface area contributed by atoms with Crippen LogP contribution in [0.3, 0.4) is 0 Å². The van der Waals surface area contributed by atoms with E-state index in [2.05, 4.69) is 4.98 Å². The fourth-order valence-corrected chi connectivity index (χ4v) is 5.83. The molecule has 1 aromatic carbocycles. The molecule has 2 aliphatic rings. The van der Waals surface area contributed by atoms with Crippen molar-refractivity contribution in [3.8, 4) is 0 Å². The summed E-state index contributed by atoms with van der Waals surface area (Å²) in [5.74, 6) is -0.969. The molecule has 1 saturated heterocycles. The van der Waals surface area contributed by atoms with E-state index in [-0.39, 0.29) is 41.8 Å². The van der Waals surface area contributed by atoms with Gasteiger partial charge in [-0.1, -0.05) is 20.8 Å². The second kappa shape index (κ2) is 9.56. The van der Waals surface area contributed by atoms with Crippen LogP contribution in [0.5, 0.6) is 0 Å². The highest BCUT2D eigenvalue weighted by molar-refractivity contribution is 7.92. The van der Waals surface area contributed by atoms with Crippen molar-refractivity contribution < 1.29 is 27.1 Å². The van der Waals surface area contributed by atoms with Gasteiger partial charge in [-0.15, -0.1) is 0 Å². The van der Waals surface area contributed by atoms with E-state index in [0.29, 0.717) is 36.3 Å². The van der Waals surface area contributed by atoms with Crippen molar-refractivity contribution >= 4 is 27.6 Å². The van der Waals surface area contributed by atoms with Gasteiger partial charge in [0, 0.05) is 25.6 Å². The van der Waals surface area contributed by atoms with Crippen LogP contribution in [0.2, 0.25) is 0 Å². The first kappa shape index (κ1) is 25.1. The minimum Gasteiger partial charge on any atom is -0.465 e. The number of anilines is 1. The molecule has 1 fully saturated rings. The van der Waals surface area contributed by atoms with Crippen LogP contribution in [0.4, 0.5) is 10.1 Å². The molecule has 35 heavy (non-hydrogen) atoms. The zero-order valence-corrected chi connectivity index (χ0v) is 21.0. The third kappa shape index (κ3) is 5.63. The average molecular weight is 504 g/mol. The van der Waals surface area contributed by atoms with E-state index in [0.717, 1.165) is 18.6 Å². The number of aromatic nitrogens is 1. The van der Waals surface area contributed by atoms with Gasteiger partial charge in [-0.2, -0.15) is 0 Å². The Morgan fingerprint density at radius 1 is 1.23 bits per heavy atom. The Morgan fingerprint density at radius 2 is 1.94 bits per heavy atom. The van der Waals surface area contributed by atoms with Gasteiger partial charge in [-0.05, 0) is 47.7 Å². The topological polar surface area (TPSA) is 96.9 Å². The third-order valence-corrected chi connectivity index (χ3v) is 7.84. The molecule has 3 heterocycles. The Labute approximate surface area is 205 Å². The first-order chi connectivity index (χ1) is 16.4. The molecular weight excluding hydrogens is 473 g/mol. The van der Waals surface area contributed by atoms with Crippen LogP contribution in [0.1, 0.15) is 44.9 Å². The lowest BCUT2D eigenvalue weighted by atomic mass is 9.99. The molecule has 0 bridgehead atoms. The zero-order valence-electron chi connectivity index (χ0n) is 20.2. The highest BCUT2D eigenvalue weighted by Gasteiger charge is 2.39. The van der Waals surface area contributed by atoms with Gasteiger partial charge in [0.2, 0.25) is 5.91 Å². The normalized spacial score (nSPS) is 18.5. The van der Waals surface area contributed by atoms with Crippen LogP contribution in [-0.4, -0.2) is 55.9 Å². The summed E-state index contributed by atoms with van der Waals surface area (Å²) >= 11 is 0. The first-order valence-corrected chi connectivity index (χ1v) is 13.1. The maximum Gasteiger partial charge on any atom is 0.310 e. The number of rotatable bonds is 6. The van der Waals surface area contributed by atoms with E-state index >= 15 is 0 Å². The SMILES string of the molecule is CC(C)(C)COC(=O)Cc1cnc2c(c1)N(S(=O)(=O)c1ccc(F)cc1)C[C@@H](N1CCCC1=O)C2. The van der Waals surface area contributed by atoms with Gasteiger partial charge in [-0.3, -0.25) is 18.9 Å². The Balaban J connectivity index is 1.67. The number of pyridine rings is 1. The van der Waals surface area contributed by atoms with Crippen LogP contribution in [0.25, 0.3) is 0 Å². The molecule has 0 radical (unpaired) electrons. The molecule has 0 saturated carbocycles. The summed E-state index contributed by atoms with van der Waals surface area (Å²) in [5.41, 5.74) is 1.24. The van der Waals surface area contributed by atoms with Crippen LogP contribution < -0.4 is 4.31 Å². The minimum absolute atomic E-state index is 0.00389. The summed E-state index contributed by atoms with van der Waals surface area (Å²) < 4.78 is 47.3. The Morgan fingerprint density at radius 3 is 2.57 bits per heavy atom. The number of hydrogen-bond acceptors (Lipinski definition) is 6. The molecule has 10 heteroatoms. The molecule has 2 aromatic rings. The molecule has 0 unspecified atom stereocenters. The number of fused-ring (bicyclic) bond motifs is 1. The maximum atomic E-state index is 13.6. The highest BCUT2D eigenvalue weighted by Crippen LogP contribution is 2.34. The van der Waals surface area contributed by atoms with Gasteiger partial charge in [0.15, 0.2) is 0 Å². The Bertz CT molecular complexity index is 1220. The predicted octanol–water partition coefficient (Wildman–Crippen LogP) is 3.09. The number of esters is 1. The summed E-state index contributed by atoms with van der Waals surface area (Å²) in [6, 6.07) is 5.91. The first-order valence-electron chi connectivity index (χ1n) is 11.7. The van der Waals surface area contributed by atoms with Gasteiger partial charge in [0.1, 0.15) is 5.82 Å². The summed E-state index contributed by atoms with van der Waals surface area (Å²) in [6.07, 6.45) is 3.08. The number of halogens is 1. The van der Waals surface area contributed by atoms with Crippen molar-refractivity contribution in [2.75, 3.05) is 24.0 Å². The molecule has 0 spiro atoms. The van der Waals surface area contributed by atoms with Crippen molar-refractivity contribution in [2.45, 2.75) is 57.4 Å². The lowest BCUT2D eigenvalue weighted by Gasteiger charge is -2.38. The largest absolute Gasteiger partial charge is 0.465 e. The van der Waals surface area contributed by atoms with E-state index < -0.39 is 21.8 Å². The van der Waals surface area contributed by atoms with Crippen LogP contribution in [0.15, 0.2) is 41.4 Å². The number of nitrogens with zero attached hydrogens (tertiary/aromatic N) is 3. The number of benzene rings is 1. The number of carbonyl (C=O) groups is 2. The van der Waals surface area contributed by atoms with E-state index in [1.165, 1.54) is 16.4 Å². The van der Waals surface area contributed by atoms with Gasteiger partial charge in [0.25, 0.3) is 10.0 Å². The fourth-order valence-electron chi connectivity index (χ4n) is 4.31. The summed E-state index contributed by atoms with van der Waals surface area (Å²) in [6.45, 7) is 6.77. The number of amides is 1. The lowest BCUT2D eigenvalue weighted by molar-refractivity contribution is -0.145. The lowest BCUT2D eigenvalue weighted by Crippen LogP contribution is -2.51. The van der Waals surface area contributed by atoms with Gasteiger partial charge < -0.3 is 9.64 Å². The standard InChI is InChI=1S/C25H30FN3O5S/c1-25(2,3)16-34-24(31)12-17-11-22-21(27-14-17)13-19(28-10-4-5-23(28)30)15-29(22)35(32,33)20-8-6-18(26)7-9-20/h6-9,11,14,19H,4-5,10,12-13,15-16H2,1-3H3/t19-/m0/s1. The molecule has 1 aromatic heterocycles. The van der Waals surface area contributed by atoms with Crippen molar-refractivity contribution in [2.24, 2.45) is 5.41 Å². The van der Waals surface area contributed by atoms with E-state index in [1.54, 1.807) is 17.2 Å². The van der Waals surface area contributed by atoms with Gasteiger partial charge >= 0.3 is 5.97 Å². The quantitative estimate of drug-likeness (QED) is 0.562. The van der Waals surface area contributed by atoms with Crippen molar-refractivity contribution in [1.29, 1.82) is 0 Å². The molecule has 4 rings (SSSR count). The van der Waals surface area contributed by atoms with E-state index in [1.807, 2.05) is 20.8 Å². The number of ether oxygens (including phenoxy) is 1. The smallest absolute Gasteiger partial charge is 0.310 e. The second-order valence-corrected chi connectivity index (χ2v) is 12.1. The van der Waals surface area contributed by atoms with Crippen LogP contribution in [-0.2, 0) is 37.2 Å². The summed E-state index contributed by atoms with van der Waals surface area (Å²) in [7, 11) is -4.07. The third-order valence-electron chi connectivity index (χ3n) is 6.05. The predicted molar refractivity (Wildman–Crippen MR) is 128 cm³/mol. The number of hydrogen-bond donors (Lipinski definition) is 0. The Kier molecular flexibility index (Phi) is 6.86. The average Bonchev–Trinajstić information content (AvgIpc) is 3.22. The van der Waals surface area contributed by atoms with Gasteiger partial charge in [-0.25, -0.2) is 12.8 Å². The highest BCUT2D eigenvalue weighted by atomic mass is 32.2. The molecule has 0 N–H and O–H groups in total. The molecule has 1 amide bonds. The van der Waals surface area contributed by atoms with E-state index in [9.17, 15) is 22.4 Å². The van der Waals surface area contributed by atoms with Crippen molar-refractivity contribution in [3.63, 3.8) is 0 Å². The van der Waals surface area contributed by atoms with Crippen LogP contribution >= 0.6 is 0 Å². The van der Waals surface area contributed by atoms with Crippen LogP contribution in [0, 0.1) is 11.2 Å². The second-order valence-electron chi connectivity index (χ2n) is 10.2. The zero-order chi connectivity index (χ0) is 25.4.